The molecule has 1 aromatic rings. The number of piperidine rings is 1. The number of benzene rings is 1. The minimum atomic E-state index is 0.136. The number of nitrogens with zero attached hydrogens (tertiary/aromatic N) is 1. The molecule has 0 radical (unpaired) electrons. The van der Waals surface area contributed by atoms with Crippen molar-refractivity contribution in [2.75, 3.05) is 18.0 Å². The molecule has 1 aliphatic rings. The zero-order valence-electron chi connectivity index (χ0n) is 10.9. The van der Waals surface area contributed by atoms with Gasteiger partial charge in [0.2, 0.25) is 0 Å². The van der Waals surface area contributed by atoms with Crippen LogP contribution in [0.3, 0.4) is 0 Å². The molecule has 0 bridgehead atoms. The lowest BCUT2D eigenvalue weighted by Crippen LogP contribution is -2.38. The highest BCUT2D eigenvalue weighted by molar-refractivity contribution is 5.94. The van der Waals surface area contributed by atoms with Crippen LogP contribution in [0.2, 0.25) is 0 Å². The van der Waals surface area contributed by atoms with Gasteiger partial charge in [0.15, 0.2) is 5.78 Å². The molecule has 2 heteroatoms. The summed E-state index contributed by atoms with van der Waals surface area (Å²) in [5, 5.41) is 0. The quantitative estimate of drug-likeness (QED) is 0.727. The van der Waals surface area contributed by atoms with E-state index < -0.39 is 0 Å². The fourth-order valence-electron chi connectivity index (χ4n) is 2.40. The molecule has 0 N–H and O–H groups in total. The summed E-state index contributed by atoms with van der Waals surface area (Å²) in [4.78, 5) is 13.6. The van der Waals surface area contributed by atoms with E-state index in [2.05, 4.69) is 30.9 Å². The summed E-state index contributed by atoms with van der Waals surface area (Å²) in [6, 6.07) is 8.00. The topological polar surface area (TPSA) is 20.3 Å². The van der Waals surface area contributed by atoms with Crippen molar-refractivity contribution in [1.82, 2.24) is 0 Å². The van der Waals surface area contributed by atoms with Crippen LogP contribution in [0.5, 0.6) is 0 Å². The first-order chi connectivity index (χ1) is 8.08. The maximum atomic E-state index is 11.2. The highest BCUT2D eigenvalue weighted by Gasteiger charge is 2.22. The maximum absolute atomic E-state index is 11.2. The van der Waals surface area contributed by atoms with Crippen LogP contribution in [-0.4, -0.2) is 18.9 Å². The Morgan fingerprint density at radius 1 is 1.18 bits per heavy atom. The molecule has 1 aliphatic heterocycles. The van der Waals surface area contributed by atoms with Gasteiger partial charge in [-0.2, -0.15) is 0 Å². The average molecular weight is 231 g/mol. The van der Waals surface area contributed by atoms with Crippen LogP contribution in [0, 0.1) is 11.8 Å². The Morgan fingerprint density at radius 2 is 1.82 bits per heavy atom. The van der Waals surface area contributed by atoms with Crippen molar-refractivity contribution in [3.8, 4) is 0 Å². The molecule has 2 atom stereocenters. The molecule has 1 aromatic carbocycles. The van der Waals surface area contributed by atoms with Crippen molar-refractivity contribution in [3.63, 3.8) is 0 Å². The van der Waals surface area contributed by atoms with Crippen LogP contribution in [0.25, 0.3) is 0 Å². The molecule has 2 nitrogen and oxygen atoms in total. The first-order valence-corrected chi connectivity index (χ1v) is 6.44. The predicted octanol–water partition coefficient (Wildman–Crippen LogP) is 3.37. The summed E-state index contributed by atoms with van der Waals surface area (Å²) in [6.07, 6.45) is 1.26. The van der Waals surface area contributed by atoms with Gasteiger partial charge in [0.05, 0.1) is 0 Å². The molecule has 17 heavy (non-hydrogen) atoms. The Bertz CT molecular complexity index is 396. The Hall–Kier alpha value is -1.31. The SMILES string of the molecule is CC(=O)c1ccc(N2CCC(C)C(C)C2)cc1. The van der Waals surface area contributed by atoms with E-state index in [0.717, 1.165) is 30.5 Å². The summed E-state index contributed by atoms with van der Waals surface area (Å²) in [7, 11) is 0. The number of Topliss-reactive ketones (excluding diaryl/α,β-unsaturated/α-hetero) is 1. The minimum Gasteiger partial charge on any atom is -0.371 e. The van der Waals surface area contributed by atoms with E-state index in [1.807, 2.05) is 12.1 Å². The highest BCUT2D eigenvalue weighted by atomic mass is 16.1. The third-order valence-corrected chi connectivity index (χ3v) is 3.97. The van der Waals surface area contributed by atoms with Gasteiger partial charge in [-0.1, -0.05) is 13.8 Å². The predicted molar refractivity (Wildman–Crippen MR) is 71.6 cm³/mol. The van der Waals surface area contributed by atoms with Crippen LogP contribution < -0.4 is 4.90 Å². The van der Waals surface area contributed by atoms with Crippen molar-refractivity contribution >= 4 is 11.5 Å². The highest BCUT2D eigenvalue weighted by Crippen LogP contribution is 2.27. The molecule has 0 amide bonds. The lowest BCUT2D eigenvalue weighted by Gasteiger charge is -2.36. The van der Waals surface area contributed by atoms with Crippen molar-refractivity contribution < 1.29 is 4.79 Å². The Kier molecular flexibility index (Phi) is 3.51. The van der Waals surface area contributed by atoms with Crippen LogP contribution in [0.4, 0.5) is 5.69 Å². The third kappa shape index (κ3) is 2.68. The van der Waals surface area contributed by atoms with Crippen LogP contribution in [-0.2, 0) is 0 Å². The summed E-state index contributed by atoms with van der Waals surface area (Å²) < 4.78 is 0. The normalized spacial score (nSPS) is 24.8. The number of hydrogen-bond donors (Lipinski definition) is 0. The number of carbonyl (C=O) groups excluding carboxylic acids is 1. The van der Waals surface area contributed by atoms with Gasteiger partial charge in [0.1, 0.15) is 0 Å². The van der Waals surface area contributed by atoms with Crippen LogP contribution in [0.15, 0.2) is 24.3 Å². The molecule has 2 rings (SSSR count). The zero-order chi connectivity index (χ0) is 12.4. The van der Waals surface area contributed by atoms with E-state index in [1.165, 1.54) is 12.1 Å². The van der Waals surface area contributed by atoms with Crippen molar-refractivity contribution in [2.45, 2.75) is 27.2 Å². The van der Waals surface area contributed by atoms with Gasteiger partial charge in [-0.25, -0.2) is 0 Å². The minimum absolute atomic E-state index is 0.136. The van der Waals surface area contributed by atoms with Gasteiger partial charge in [0, 0.05) is 24.3 Å². The number of hydrogen-bond acceptors (Lipinski definition) is 2. The molecule has 0 aliphatic carbocycles. The fourth-order valence-corrected chi connectivity index (χ4v) is 2.40. The van der Waals surface area contributed by atoms with Gasteiger partial charge in [-0.05, 0) is 49.4 Å². The molecule has 92 valence electrons. The summed E-state index contributed by atoms with van der Waals surface area (Å²) in [6.45, 7) is 8.52. The molecule has 2 unspecified atom stereocenters. The van der Waals surface area contributed by atoms with E-state index in [1.54, 1.807) is 6.92 Å². The Labute approximate surface area is 104 Å². The van der Waals surface area contributed by atoms with Gasteiger partial charge in [-0.3, -0.25) is 4.79 Å². The third-order valence-electron chi connectivity index (χ3n) is 3.97. The van der Waals surface area contributed by atoms with Gasteiger partial charge < -0.3 is 4.90 Å². The maximum Gasteiger partial charge on any atom is 0.159 e. The van der Waals surface area contributed by atoms with Crippen molar-refractivity contribution in [1.29, 1.82) is 0 Å². The molecule has 1 fully saturated rings. The first kappa shape index (κ1) is 12.2. The van der Waals surface area contributed by atoms with Crippen molar-refractivity contribution in [3.05, 3.63) is 29.8 Å². The number of ketones is 1. The number of rotatable bonds is 2. The van der Waals surface area contributed by atoms with Crippen molar-refractivity contribution in [2.24, 2.45) is 11.8 Å². The average Bonchev–Trinajstić information content (AvgIpc) is 2.33. The van der Waals surface area contributed by atoms with Crippen LogP contribution in [0.1, 0.15) is 37.6 Å². The van der Waals surface area contributed by atoms with Gasteiger partial charge in [0.25, 0.3) is 0 Å². The molecular weight excluding hydrogens is 210 g/mol. The second-order valence-corrected chi connectivity index (χ2v) is 5.29. The van der Waals surface area contributed by atoms with E-state index in [4.69, 9.17) is 0 Å². The molecule has 1 heterocycles. The number of carbonyl (C=O) groups is 1. The molecular formula is C15H21NO. The molecule has 0 aromatic heterocycles. The van der Waals surface area contributed by atoms with E-state index in [9.17, 15) is 4.79 Å². The smallest absolute Gasteiger partial charge is 0.159 e. The van der Waals surface area contributed by atoms with Gasteiger partial charge >= 0.3 is 0 Å². The van der Waals surface area contributed by atoms with Crippen LogP contribution >= 0.6 is 0 Å². The van der Waals surface area contributed by atoms with E-state index in [0.29, 0.717) is 0 Å². The van der Waals surface area contributed by atoms with E-state index in [-0.39, 0.29) is 5.78 Å². The summed E-state index contributed by atoms with van der Waals surface area (Å²) >= 11 is 0. The second-order valence-electron chi connectivity index (χ2n) is 5.29. The summed E-state index contributed by atoms with van der Waals surface area (Å²) in [5.41, 5.74) is 2.04. The van der Waals surface area contributed by atoms with E-state index >= 15 is 0 Å². The second kappa shape index (κ2) is 4.91. The first-order valence-electron chi connectivity index (χ1n) is 6.44. The van der Waals surface area contributed by atoms with Gasteiger partial charge in [-0.15, -0.1) is 0 Å². The number of anilines is 1. The zero-order valence-corrected chi connectivity index (χ0v) is 10.9. The summed E-state index contributed by atoms with van der Waals surface area (Å²) in [5.74, 6) is 1.70. The Morgan fingerprint density at radius 3 is 2.35 bits per heavy atom. The lowest BCUT2D eigenvalue weighted by atomic mass is 9.88. The Balaban J connectivity index is 2.10. The largest absolute Gasteiger partial charge is 0.371 e. The molecule has 0 saturated carbocycles. The molecule has 0 spiro atoms. The fraction of sp³-hybridized carbons (Fsp3) is 0.533. The molecule has 1 saturated heterocycles. The monoisotopic (exact) mass is 231 g/mol. The lowest BCUT2D eigenvalue weighted by molar-refractivity contribution is 0.101. The standard InChI is InChI=1S/C15H21NO/c1-11-8-9-16(10-12(11)2)15-6-4-14(5-7-15)13(3)17/h4-7,11-12H,8-10H2,1-3H3.